The van der Waals surface area contributed by atoms with Crippen LogP contribution in [0.1, 0.15) is 18.5 Å². The SMILES string of the molecule is COc1ccc([C@H]2C(C(C)=O)=C(O)C(=O)N2c2nccs2)cc1. The van der Waals surface area contributed by atoms with Crippen molar-refractivity contribution >= 4 is 28.2 Å². The van der Waals surface area contributed by atoms with E-state index in [1.807, 2.05) is 0 Å². The minimum Gasteiger partial charge on any atom is -0.503 e. The van der Waals surface area contributed by atoms with Crippen LogP contribution in [0.15, 0.2) is 47.2 Å². The lowest BCUT2D eigenvalue weighted by molar-refractivity contribution is -0.117. The van der Waals surface area contributed by atoms with Crippen molar-refractivity contribution in [3.05, 3.63) is 52.7 Å². The van der Waals surface area contributed by atoms with Gasteiger partial charge in [-0.15, -0.1) is 11.3 Å². The summed E-state index contributed by atoms with van der Waals surface area (Å²) in [6, 6.07) is 6.31. The number of Topliss-reactive ketones (excluding diaryl/α,β-unsaturated/α-hetero) is 1. The van der Waals surface area contributed by atoms with Crippen LogP contribution in [0, 0.1) is 0 Å². The molecule has 0 fully saturated rings. The van der Waals surface area contributed by atoms with Gasteiger partial charge >= 0.3 is 0 Å². The van der Waals surface area contributed by atoms with Gasteiger partial charge in [-0.25, -0.2) is 4.98 Å². The predicted octanol–water partition coefficient (Wildman–Crippen LogP) is 2.64. The van der Waals surface area contributed by atoms with Crippen LogP contribution in [-0.2, 0) is 9.59 Å². The van der Waals surface area contributed by atoms with Gasteiger partial charge in [-0.05, 0) is 24.6 Å². The van der Waals surface area contributed by atoms with Crippen molar-refractivity contribution < 1.29 is 19.4 Å². The molecule has 1 atom stereocenters. The minimum atomic E-state index is -0.697. The number of carbonyl (C=O) groups is 2. The Kier molecular flexibility index (Phi) is 3.87. The third kappa shape index (κ3) is 2.49. The molecule has 0 saturated heterocycles. The molecule has 0 saturated carbocycles. The second-order valence-corrected chi connectivity index (χ2v) is 5.86. The number of aromatic nitrogens is 1. The van der Waals surface area contributed by atoms with Crippen LogP contribution in [0.2, 0.25) is 0 Å². The molecule has 118 valence electrons. The molecule has 3 rings (SSSR count). The van der Waals surface area contributed by atoms with Gasteiger partial charge in [0.05, 0.1) is 18.7 Å². The number of ketones is 1. The molecule has 0 radical (unpaired) electrons. The zero-order valence-electron chi connectivity index (χ0n) is 12.5. The number of anilines is 1. The van der Waals surface area contributed by atoms with Gasteiger partial charge in [0.25, 0.3) is 5.91 Å². The molecule has 6 nitrogen and oxygen atoms in total. The smallest absolute Gasteiger partial charge is 0.296 e. The minimum absolute atomic E-state index is 0.0790. The Morgan fingerprint density at radius 3 is 2.57 bits per heavy atom. The number of amides is 1. The van der Waals surface area contributed by atoms with Gasteiger partial charge < -0.3 is 9.84 Å². The quantitative estimate of drug-likeness (QED) is 0.932. The molecule has 1 amide bonds. The molecule has 0 unspecified atom stereocenters. The summed E-state index contributed by atoms with van der Waals surface area (Å²) in [6.45, 7) is 1.33. The lowest BCUT2D eigenvalue weighted by atomic mass is 9.97. The van der Waals surface area contributed by atoms with Crippen LogP contribution in [0.4, 0.5) is 5.13 Å². The molecule has 0 aliphatic carbocycles. The number of ether oxygens (including phenoxy) is 1. The number of hydrogen-bond acceptors (Lipinski definition) is 6. The van der Waals surface area contributed by atoms with Crippen molar-refractivity contribution in [1.82, 2.24) is 4.98 Å². The fourth-order valence-corrected chi connectivity index (χ4v) is 3.27. The molecule has 1 N–H and O–H groups in total. The van der Waals surface area contributed by atoms with Crippen LogP contribution in [0.5, 0.6) is 5.75 Å². The Hall–Kier alpha value is -2.67. The van der Waals surface area contributed by atoms with Crippen molar-refractivity contribution in [1.29, 1.82) is 0 Å². The Bertz CT molecular complexity index is 781. The summed E-state index contributed by atoms with van der Waals surface area (Å²) in [7, 11) is 1.56. The number of aliphatic hydroxyl groups is 1. The Labute approximate surface area is 136 Å². The Morgan fingerprint density at radius 1 is 1.35 bits per heavy atom. The molecular weight excluding hydrogens is 316 g/mol. The molecule has 7 heteroatoms. The lowest BCUT2D eigenvalue weighted by Gasteiger charge is -2.24. The first-order chi connectivity index (χ1) is 11.0. The monoisotopic (exact) mass is 330 g/mol. The first kappa shape index (κ1) is 15.2. The summed E-state index contributed by atoms with van der Waals surface area (Å²) < 4.78 is 5.13. The number of carbonyl (C=O) groups excluding carboxylic acids is 2. The number of benzene rings is 1. The van der Waals surface area contributed by atoms with Gasteiger partial charge in [0.15, 0.2) is 16.7 Å². The van der Waals surface area contributed by atoms with E-state index in [0.717, 1.165) is 0 Å². The van der Waals surface area contributed by atoms with Crippen LogP contribution in [0.25, 0.3) is 0 Å². The van der Waals surface area contributed by atoms with Crippen molar-refractivity contribution in [2.45, 2.75) is 13.0 Å². The lowest BCUT2D eigenvalue weighted by Crippen LogP contribution is -2.30. The molecule has 2 heterocycles. The maximum absolute atomic E-state index is 12.4. The number of methoxy groups -OCH3 is 1. The molecule has 1 aliphatic heterocycles. The zero-order valence-corrected chi connectivity index (χ0v) is 13.3. The molecule has 1 aromatic heterocycles. The summed E-state index contributed by atoms with van der Waals surface area (Å²) in [5.74, 6) is -0.827. The van der Waals surface area contributed by atoms with Crippen molar-refractivity contribution in [3.63, 3.8) is 0 Å². The second kappa shape index (κ2) is 5.85. The number of thiazole rings is 1. The number of rotatable bonds is 4. The largest absolute Gasteiger partial charge is 0.503 e. The zero-order chi connectivity index (χ0) is 16.6. The highest BCUT2D eigenvalue weighted by atomic mass is 32.1. The highest BCUT2D eigenvalue weighted by molar-refractivity contribution is 7.13. The van der Waals surface area contributed by atoms with Crippen LogP contribution in [-0.4, -0.2) is 28.9 Å². The normalized spacial score (nSPS) is 17.7. The van der Waals surface area contributed by atoms with E-state index in [4.69, 9.17) is 4.74 Å². The first-order valence-electron chi connectivity index (χ1n) is 6.85. The third-order valence-electron chi connectivity index (χ3n) is 3.64. The van der Waals surface area contributed by atoms with E-state index in [1.54, 1.807) is 43.0 Å². The van der Waals surface area contributed by atoms with E-state index in [1.165, 1.54) is 23.2 Å². The Morgan fingerprint density at radius 2 is 2.04 bits per heavy atom. The van der Waals surface area contributed by atoms with Gasteiger partial charge in [-0.3, -0.25) is 14.5 Å². The highest BCUT2D eigenvalue weighted by Crippen LogP contribution is 2.41. The van der Waals surface area contributed by atoms with E-state index in [2.05, 4.69) is 4.98 Å². The number of hydrogen-bond donors (Lipinski definition) is 1. The van der Waals surface area contributed by atoms with Crippen LogP contribution in [0.3, 0.4) is 0 Å². The number of aliphatic hydroxyl groups excluding tert-OH is 1. The molecule has 2 aromatic rings. The summed E-state index contributed by atoms with van der Waals surface area (Å²) in [5.41, 5.74) is 0.777. The summed E-state index contributed by atoms with van der Waals surface area (Å²) in [6.07, 6.45) is 1.57. The summed E-state index contributed by atoms with van der Waals surface area (Å²) >= 11 is 1.27. The average Bonchev–Trinajstić information content (AvgIpc) is 3.15. The summed E-state index contributed by atoms with van der Waals surface area (Å²) in [5, 5.41) is 12.3. The van der Waals surface area contributed by atoms with Crippen molar-refractivity contribution in [2.75, 3.05) is 12.0 Å². The molecule has 0 spiro atoms. The highest BCUT2D eigenvalue weighted by Gasteiger charge is 2.44. The average molecular weight is 330 g/mol. The molecule has 0 bridgehead atoms. The fourth-order valence-electron chi connectivity index (χ4n) is 2.60. The first-order valence-corrected chi connectivity index (χ1v) is 7.73. The van der Waals surface area contributed by atoms with E-state index in [0.29, 0.717) is 16.4 Å². The maximum atomic E-state index is 12.4. The standard InChI is InChI=1S/C16H14N2O4S/c1-9(19)12-13(10-3-5-11(22-2)6-4-10)18(15(21)14(12)20)16-17-7-8-23-16/h3-8,13,20H,1-2H3/t13-/m0/s1. The van der Waals surface area contributed by atoms with Crippen LogP contribution < -0.4 is 9.64 Å². The van der Waals surface area contributed by atoms with E-state index in [9.17, 15) is 14.7 Å². The van der Waals surface area contributed by atoms with E-state index >= 15 is 0 Å². The molecular formula is C16H14N2O4S. The fraction of sp³-hybridized carbons (Fsp3) is 0.188. The van der Waals surface area contributed by atoms with Crippen molar-refractivity contribution in [2.24, 2.45) is 0 Å². The van der Waals surface area contributed by atoms with Crippen LogP contribution >= 0.6 is 11.3 Å². The molecule has 1 aliphatic rings. The second-order valence-electron chi connectivity index (χ2n) is 4.98. The maximum Gasteiger partial charge on any atom is 0.296 e. The van der Waals surface area contributed by atoms with Gasteiger partial charge in [-0.2, -0.15) is 0 Å². The summed E-state index contributed by atoms with van der Waals surface area (Å²) in [4.78, 5) is 29.9. The molecule has 1 aromatic carbocycles. The van der Waals surface area contributed by atoms with E-state index in [-0.39, 0.29) is 11.4 Å². The van der Waals surface area contributed by atoms with Crippen molar-refractivity contribution in [3.8, 4) is 5.75 Å². The van der Waals surface area contributed by atoms with E-state index < -0.39 is 17.7 Å². The third-order valence-corrected chi connectivity index (χ3v) is 4.42. The van der Waals surface area contributed by atoms with Gasteiger partial charge in [0.2, 0.25) is 0 Å². The predicted molar refractivity (Wildman–Crippen MR) is 85.7 cm³/mol. The van der Waals surface area contributed by atoms with Gasteiger partial charge in [-0.1, -0.05) is 12.1 Å². The number of nitrogens with zero attached hydrogens (tertiary/aromatic N) is 2. The Balaban J connectivity index is 2.13. The van der Waals surface area contributed by atoms with Gasteiger partial charge in [0, 0.05) is 11.6 Å². The van der Waals surface area contributed by atoms with Gasteiger partial charge in [0.1, 0.15) is 5.75 Å². The topological polar surface area (TPSA) is 79.7 Å². The molecule has 23 heavy (non-hydrogen) atoms.